The van der Waals surface area contributed by atoms with Crippen molar-refractivity contribution < 1.29 is 24.9 Å². The van der Waals surface area contributed by atoms with Gasteiger partial charge in [0.25, 0.3) is 0 Å². The van der Waals surface area contributed by atoms with Crippen molar-refractivity contribution in [3.05, 3.63) is 35.9 Å². The molecule has 19 heavy (non-hydrogen) atoms. The van der Waals surface area contributed by atoms with Gasteiger partial charge in [0.2, 0.25) is 0 Å². The molecule has 0 bridgehead atoms. The first-order chi connectivity index (χ1) is 9.06. The molecule has 0 radical (unpaired) electrons. The van der Waals surface area contributed by atoms with E-state index in [0.717, 1.165) is 0 Å². The molecule has 6 heteroatoms. The molecule has 1 aromatic rings. The maximum Gasteiger partial charge on any atom is 0.194 e. The summed E-state index contributed by atoms with van der Waals surface area (Å²) in [7, 11) is 0. The zero-order valence-electron chi connectivity index (χ0n) is 9.88. The van der Waals surface area contributed by atoms with Crippen molar-refractivity contribution in [2.75, 3.05) is 0 Å². The molecular weight excluding hydrogens is 250 g/mol. The molecule has 0 spiro atoms. The van der Waals surface area contributed by atoms with Crippen molar-refractivity contribution in [1.82, 2.24) is 0 Å². The van der Waals surface area contributed by atoms with Gasteiger partial charge in [-0.1, -0.05) is 30.3 Å². The number of ether oxygens (including phenoxy) is 1. The quantitative estimate of drug-likeness (QED) is 0.618. The number of Topliss-reactive ketones (excluding diaryl/α,β-unsaturated/α-hetero) is 1. The highest BCUT2D eigenvalue weighted by Crippen LogP contribution is 2.24. The molecule has 1 aliphatic heterocycles. The largest absolute Gasteiger partial charge is 0.387 e. The monoisotopic (exact) mass is 263 g/mol. The van der Waals surface area contributed by atoms with E-state index in [0.29, 0.717) is 0 Å². The predicted molar refractivity (Wildman–Crippen MR) is 63.1 cm³/mol. The number of rotatable bonds is 3. The number of nitriles is 1. The molecule has 1 aliphatic rings. The Bertz CT molecular complexity index is 498. The van der Waals surface area contributed by atoms with Crippen molar-refractivity contribution in [2.45, 2.75) is 30.5 Å². The lowest BCUT2D eigenvalue weighted by molar-refractivity contribution is -0.0449. The molecule has 1 fully saturated rings. The van der Waals surface area contributed by atoms with Gasteiger partial charge in [-0.25, -0.2) is 0 Å². The number of hydrogen-bond donors (Lipinski definition) is 3. The van der Waals surface area contributed by atoms with Crippen molar-refractivity contribution in [1.29, 1.82) is 5.26 Å². The molecule has 2 rings (SSSR count). The van der Waals surface area contributed by atoms with Gasteiger partial charge in [0.1, 0.15) is 24.4 Å². The van der Waals surface area contributed by atoms with Crippen molar-refractivity contribution in [3.63, 3.8) is 0 Å². The number of ketones is 1. The second-order valence-electron chi connectivity index (χ2n) is 4.31. The molecule has 5 atom stereocenters. The standard InChI is InChI=1S/C13H13NO5/c14-6-8-10(16)12(18)13(19-8)11(17)9(15)7-4-2-1-3-5-7/h1-5,8,10-13,16-18H/t8?,10-,11?,12-,13+/m0/s1. The highest BCUT2D eigenvalue weighted by molar-refractivity contribution is 5.99. The Balaban J connectivity index is 2.15. The minimum atomic E-state index is -1.63. The first kappa shape index (κ1) is 13.6. The first-order valence-corrected chi connectivity index (χ1v) is 5.75. The molecule has 1 saturated heterocycles. The van der Waals surface area contributed by atoms with Crippen molar-refractivity contribution in [3.8, 4) is 6.07 Å². The third kappa shape index (κ3) is 2.50. The Labute approximate surface area is 109 Å². The van der Waals surface area contributed by atoms with Crippen molar-refractivity contribution in [2.24, 2.45) is 0 Å². The number of aliphatic hydroxyl groups is 3. The van der Waals surface area contributed by atoms with Gasteiger partial charge in [-0.2, -0.15) is 5.26 Å². The van der Waals surface area contributed by atoms with Crippen LogP contribution in [0.1, 0.15) is 10.4 Å². The second kappa shape index (κ2) is 5.47. The molecule has 2 unspecified atom stereocenters. The summed E-state index contributed by atoms with van der Waals surface area (Å²) < 4.78 is 5.01. The number of benzene rings is 1. The van der Waals surface area contributed by atoms with Crippen LogP contribution in [0.15, 0.2) is 30.3 Å². The van der Waals surface area contributed by atoms with E-state index >= 15 is 0 Å². The van der Waals surface area contributed by atoms with Crippen LogP contribution in [0.5, 0.6) is 0 Å². The van der Waals surface area contributed by atoms with E-state index < -0.39 is 36.3 Å². The van der Waals surface area contributed by atoms with Crippen LogP contribution in [0.2, 0.25) is 0 Å². The lowest BCUT2D eigenvalue weighted by atomic mass is 9.98. The van der Waals surface area contributed by atoms with E-state index in [9.17, 15) is 20.1 Å². The van der Waals surface area contributed by atoms with E-state index in [1.165, 1.54) is 12.1 Å². The summed E-state index contributed by atoms with van der Waals surface area (Å²) in [6, 6.07) is 9.69. The number of aliphatic hydroxyl groups excluding tert-OH is 3. The van der Waals surface area contributed by atoms with Gasteiger partial charge in [0, 0.05) is 5.56 Å². The summed E-state index contributed by atoms with van der Waals surface area (Å²) >= 11 is 0. The zero-order chi connectivity index (χ0) is 14.0. The van der Waals surface area contributed by atoms with Gasteiger partial charge < -0.3 is 20.1 Å². The van der Waals surface area contributed by atoms with Crippen LogP contribution in [-0.4, -0.2) is 51.6 Å². The van der Waals surface area contributed by atoms with Crippen LogP contribution in [0.3, 0.4) is 0 Å². The SMILES string of the molecule is N#CC1O[C@H](C(O)C(=O)c2ccccc2)[C@@H](O)[C@H]1O. The predicted octanol–water partition coefficient (Wildman–Crippen LogP) is -0.757. The van der Waals surface area contributed by atoms with E-state index in [2.05, 4.69) is 0 Å². The molecule has 6 nitrogen and oxygen atoms in total. The van der Waals surface area contributed by atoms with E-state index in [4.69, 9.17) is 10.00 Å². The summed E-state index contributed by atoms with van der Waals surface area (Å²) in [5.41, 5.74) is 0.265. The summed E-state index contributed by atoms with van der Waals surface area (Å²) in [5.74, 6) is -0.629. The van der Waals surface area contributed by atoms with Crippen LogP contribution in [0.25, 0.3) is 0 Å². The Morgan fingerprint density at radius 2 is 1.89 bits per heavy atom. The fourth-order valence-electron chi connectivity index (χ4n) is 1.99. The first-order valence-electron chi connectivity index (χ1n) is 5.75. The minimum Gasteiger partial charge on any atom is -0.387 e. The van der Waals surface area contributed by atoms with E-state index in [1.807, 2.05) is 0 Å². The van der Waals surface area contributed by atoms with Crippen LogP contribution in [-0.2, 0) is 4.74 Å². The Kier molecular flexibility index (Phi) is 3.93. The zero-order valence-corrected chi connectivity index (χ0v) is 9.88. The van der Waals surface area contributed by atoms with E-state index in [-0.39, 0.29) is 5.56 Å². The Hall–Kier alpha value is -1.78. The number of hydrogen-bond acceptors (Lipinski definition) is 6. The molecule has 1 heterocycles. The molecule has 3 N–H and O–H groups in total. The molecule has 100 valence electrons. The average molecular weight is 263 g/mol. The molecular formula is C13H13NO5. The van der Waals surface area contributed by atoms with Crippen LogP contribution in [0, 0.1) is 11.3 Å². The van der Waals surface area contributed by atoms with Gasteiger partial charge in [0.05, 0.1) is 6.07 Å². The van der Waals surface area contributed by atoms with Crippen molar-refractivity contribution >= 4 is 5.78 Å². The molecule has 0 amide bonds. The maximum absolute atomic E-state index is 12.0. The van der Waals surface area contributed by atoms with Crippen LogP contribution >= 0.6 is 0 Å². The Morgan fingerprint density at radius 3 is 2.42 bits per heavy atom. The van der Waals surface area contributed by atoms with E-state index in [1.54, 1.807) is 24.3 Å². The number of carbonyl (C=O) groups is 1. The third-order valence-electron chi connectivity index (χ3n) is 3.07. The van der Waals surface area contributed by atoms with Crippen LogP contribution < -0.4 is 0 Å². The fraction of sp³-hybridized carbons (Fsp3) is 0.385. The number of carbonyl (C=O) groups excluding carboxylic acids is 1. The minimum absolute atomic E-state index is 0.265. The van der Waals surface area contributed by atoms with Crippen LogP contribution in [0.4, 0.5) is 0 Å². The topological polar surface area (TPSA) is 111 Å². The summed E-state index contributed by atoms with van der Waals surface area (Å²) in [6.45, 7) is 0. The lowest BCUT2D eigenvalue weighted by Crippen LogP contribution is -2.42. The second-order valence-corrected chi connectivity index (χ2v) is 4.31. The van der Waals surface area contributed by atoms with Gasteiger partial charge in [0.15, 0.2) is 11.9 Å². The lowest BCUT2D eigenvalue weighted by Gasteiger charge is -2.19. The van der Waals surface area contributed by atoms with Gasteiger partial charge in [-0.15, -0.1) is 0 Å². The molecule has 0 saturated carbocycles. The highest BCUT2D eigenvalue weighted by atomic mass is 16.6. The smallest absolute Gasteiger partial charge is 0.194 e. The Morgan fingerprint density at radius 1 is 1.26 bits per heavy atom. The summed E-state index contributed by atoms with van der Waals surface area (Å²) in [6.07, 6.45) is -7.11. The molecule has 0 aliphatic carbocycles. The van der Waals surface area contributed by atoms with Gasteiger partial charge in [-0.05, 0) is 0 Å². The number of nitrogens with zero attached hydrogens (tertiary/aromatic N) is 1. The molecule has 1 aromatic carbocycles. The van der Waals surface area contributed by atoms with Gasteiger partial charge in [-0.3, -0.25) is 4.79 Å². The highest BCUT2D eigenvalue weighted by Gasteiger charge is 2.48. The fourth-order valence-corrected chi connectivity index (χ4v) is 1.99. The average Bonchev–Trinajstić information content (AvgIpc) is 2.74. The normalized spacial score (nSPS) is 31.7. The third-order valence-corrected chi connectivity index (χ3v) is 3.07. The van der Waals surface area contributed by atoms with Gasteiger partial charge >= 0.3 is 0 Å². The summed E-state index contributed by atoms with van der Waals surface area (Å²) in [4.78, 5) is 12.0. The molecule has 0 aromatic heterocycles. The maximum atomic E-state index is 12.0. The summed E-state index contributed by atoms with van der Waals surface area (Å²) in [5, 5.41) is 37.8.